The second-order valence-electron chi connectivity index (χ2n) is 4.99. The van der Waals surface area contributed by atoms with Crippen LogP contribution < -0.4 is 4.74 Å². The number of ketones is 1. The van der Waals surface area contributed by atoms with Gasteiger partial charge in [0, 0.05) is 11.0 Å². The zero-order valence-corrected chi connectivity index (χ0v) is 12.5. The van der Waals surface area contributed by atoms with Gasteiger partial charge in [-0.2, -0.15) is 0 Å². The second-order valence-corrected chi connectivity index (χ2v) is 5.97. The number of benzene rings is 1. The molecule has 0 aliphatic carbocycles. The van der Waals surface area contributed by atoms with Gasteiger partial charge in [0.2, 0.25) is 0 Å². The van der Waals surface area contributed by atoms with Crippen molar-refractivity contribution in [3.63, 3.8) is 0 Å². The highest BCUT2D eigenvalue weighted by molar-refractivity contribution is 7.10. The Kier molecular flexibility index (Phi) is 4.06. The quantitative estimate of drug-likeness (QED) is 0.875. The Balaban J connectivity index is 1.91. The van der Waals surface area contributed by atoms with Crippen LogP contribution >= 0.6 is 11.3 Å². The number of carbonyl (C=O) groups is 2. The van der Waals surface area contributed by atoms with E-state index in [0.29, 0.717) is 24.2 Å². The van der Waals surface area contributed by atoms with Crippen LogP contribution in [0.3, 0.4) is 0 Å². The zero-order valence-electron chi connectivity index (χ0n) is 11.7. The Labute approximate surface area is 131 Å². The highest BCUT2D eigenvalue weighted by Gasteiger charge is 2.29. The highest BCUT2D eigenvalue weighted by atomic mass is 32.1. The molecule has 5 heteroatoms. The molecule has 0 bridgehead atoms. The standard InChI is InChI=1S/C17H14O4S/c18-13-10-14(15-7-3-9-22-15)21-17-11(4-1-6-12(13)17)5-2-8-16(19)20/h1-4,6-9,14H,5,10H2,(H,19,20)/b8-2+. The van der Waals surface area contributed by atoms with Crippen LogP contribution in [0, 0.1) is 0 Å². The molecule has 1 aromatic carbocycles. The van der Waals surface area contributed by atoms with E-state index in [1.807, 2.05) is 23.6 Å². The van der Waals surface area contributed by atoms with Gasteiger partial charge in [0.05, 0.1) is 12.0 Å². The Hall–Kier alpha value is -2.40. The van der Waals surface area contributed by atoms with Gasteiger partial charge in [-0.25, -0.2) is 4.79 Å². The minimum Gasteiger partial charge on any atom is -0.483 e. The number of carboxylic acids is 1. The maximum absolute atomic E-state index is 12.3. The maximum atomic E-state index is 12.3. The van der Waals surface area contributed by atoms with Crippen LogP contribution in [-0.4, -0.2) is 16.9 Å². The van der Waals surface area contributed by atoms with Crippen molar-refractivity contribution in [1.82, 2.24) is 0 Å². The lowest BCUT2D eigenvalue weighted by atomic mass is 9.96. The number of allylic oxidation sites excluding steroid dienone is 1. The van der Waals surface area contributed by atoms with Crippen molar-refractivity contribution in [2.45, 2.75) is 18.9 Å². The van der Waals surface area contributed by atoms with Gasteiger partial charge in [0.25, 0.3) is 0 Å². The minimum atomic E-state index is -0.988. The number of carbonyl (C=O) groups excluding carboxylic acids is 1. The zero-order chi connectivity index (χ0) is 15.5. The molecule has 1 N–H and O–H groups in total. The predicted octanol–water partition coefficient (Wildman–Crippen LogP) is 3.64. The SMILES string of the molecule is O=C(O)/C=C/Cc1cccc2c1OC(c1cccs1)CC2=O. The number of Topliss-reactive ketones (excluding diaryl/α,β-unsaturated/α-hetero) is 1. The number of carboxylic acid groups (broad SMARTS) is 1. The minimum absolute atomic E-state index is 0.0590. The third-order valence-corrected chi connectivity index (χ3v) is 4.45. The Morgan fingerprint density at radius 1 is 1.36 bits per heavy atom. The van der Waals surface area contributed by atoms with Crippen molar-refractivity contribution < 1.29 is 19.4 Å². The number of aliphatic carboxylic acids is 1. The summed E-state index contributed by atoms with van der Waals surface area (Å²) in [5, 5.41) is 10.6. The first-order chi connectivity index (χ1) is 10.6. The molecule has 2 aromatic rings. The summed E-state index contributed by atoms with van der Waals surface area (Å²) in [6.45, 7) is 0. The number of hydrogen-bond acceptors (Lipinski definition) is 4. The molecule has 3 rings (SSSR count). The van der Waals surface area contributed by atoms with Crippen LogP contribution in [-0.2, 0) is 11.2 Å². The predicted molar refractivity (Wildman–Crippen MR) is 83.6 cm³/mol. The fraction of sp³-hybridized carbons (Fsp3) is 0.176. The molecule has 1 atom stereocenters. The molecule has 0 spiro atoms. The van der Waals surface area contributed by atoms with Crippen molar-refractivity contribution in [3.05, 3.63) is 63.9 Å². The number of rotatable bonds is 4. The molecule has 1 aromatic heterocycles. The second kappa shape index (κ2) is 6.15. The molecule has 0 saturated heterocycles. The van der Waals surface area contributed by atoms with Crippen LogP contribution in [0.1, 0.15) is 33.3 Å². The summed E-state index contributed by atoms with van der Waals surface area (Å²) in [5.74, 6) is -0.353. The molecular weight excluding hydrogens is 300 g/mol. The van der Waals surface area contributed by atoms with Crippen LogP contribution in [0.4, 0.5) is 0 Å². The molecule has 1 aliphatic rings. The third kappa shape index (κ3) is 2.94. The Morgan fingerprint density at radius 3 is 2.95 bits per heavy atom. The molecule has 112 valence electrons. The first kappa shape index (κ1) is 14.5. The lowest BCUT2D eigenvalue weighted by molar-refractivity contribution is -0.131. The fourth-order valence-corrected chi connectivity index (χ4v) is 3.24. The third-order valence-electron chi connectivity index (χ3n) is 3.49. The van der Waals surface area contributed by atoms with Crippen molar-refractivity contribution in [3.8, 4) is 5.75 Å². The van der Waals surface area contributed by atoms with Crippen LogP contribution in [0.2, 0.25) is 0 Å². The van der Waals surface area contributed by atoms with Crippen molar-refractivity contribution in [1.29, 1.82) is 0 Å². The van der Waals surface area contributed by atoms with E-state index >= 15 is 0 Å². The van der Waals surface area contributed by atoms with Gasteiger partial charge < -0.3 is 9.84 Å². The summed E-state index contributed by atoms with van der Waals surface area (Å²) in [4.78, 5) is 23.9. The maximum Gasteiger partial charge on any atom is 0.327 e. The number of hydrogen-bond donors (Lipinski definition) is 1. The molecule has 4 nitrogen and oxygen atoms in total. The van der Waals surface area contributed by atoms with Crippen molar-refractivity contribution in [2.75, 3.05) is 0 Å². The summed E-state index contributed by atoms with van der Waals surface area (Å²) in [6, 6.07) is 9.31. The first-order valence-corrected chi connectivity index (χ1v) is 7.77. The highest BCUT2D eigenvalue weighted by Crippen LogP contribution is 2.38. The summed E-state index contributed by atoms with van der Waals surface area (Å²) >= 11 is 1.56. The molecule has 1 aliphatic heterocycles. The number of thiophene rings is 1. The smallest absolute Gasteiger partial charge is 0.327 e. The normalized spacial score (nSPS) is 17.3. The monoisotopic (exact) mass is 314 g/mol. The lowest BCUT2D eigenvalue weighted by Crippen LogP contribution is -2.20. The van der Waals surface area contributed by atoms with E-state index in [1.54, 1.807) is 29.5 Å². The molecule has 2 heterocycles. The molecular formula is C17H14O4S. The number of ether oxygens (including phenoxy) is 1. The van der Waals surface area contributed by atoms with Crippen molar-refractivity contribution >= 4 is 23.1 Å². The van der Waals surface area contributed by atoms with Gasteiger partial charge in [-0.3, -0.25) is 4.79 Å². The van der Waals surface area contributed by atoms with Gasteiger partial charge in [0.1, 0.15) is 11.9 Å². The van der Waals surface area contributed by atoms with E-state index in [0.717, 1.165) is 16.5 Å². The van der Waals surface area contributed by atoms with E-state index in [2.05, 4.69) is 0 Å². The Bertz CT molecular complexity index is 731. The fourth-order valence-electron chi connectivity index (χ4n) is 2.49. The van der Waals surface area contributed by atoms with Gasteiger partial charge in [0.15, 0.2) is 5.78 Å². The van der Waals surface area contributed by atoms with E-state index in [9.17, 15) is 9.59 Å². The van der Waals surface area contributed by atoms with Crippen LogP contribution in [0.25, 0.3) is 0 Å². The molecule has 0 fully saturated rings. The number of fused-ring (bicyclic) bond motifs is 1. The van der Waals surface area contributed by atoms with Gasteiger partial charge in [-0.1, -0.05) is 24.3 Å². The van der Waals surface area contributed by atoms with Gasteiger partial charge >= 0.3 is 5.97 Å². The molecule has 0 saturated carbocycles. The van der Waals surface area contributed by atoms with E-state index in [1.165, 1.54) is 0 Å². The first-order valence-electron chi connectivity index (χ1n) is 6.90. The summed E-state index contributed by atoms with van der Waals surface area (Å²) < 4.78 is 6.04. The molecule has 0 amide bonds. The van der Waals surface area contributed by atoms with Gasteiger partial charge in [-0.15, -0.1) is 11.3 Å². The average molecular weight is 314 g/mol. The van der Waals surface area contributed by atoms with E-state index in [4.69, 9.17) is 9.84 Å². The van der Waals surface area contributed by atoms with Crippen molar-refractivity contribution in [2.24, 2.45) is 0 Å². The van der Waals surface area contributed by atoms with E-state index < -0.39 is 5.97 Å². The van der Waals surface area contributed by atoms with E-state index in [-0.39, 0.29) is 11.9 Å². The molecule has 0 radical (unpaired) electrons. The Morgan fingerprint density at radius 2 is 2.23 bits per heavy atom. The molecule has 22 heavy (non-hydrogen) atoms. The largest absolute Gasteiger partial charge is 0.483 e. The summed E-state index contributed by atoms with van der Waals surface area (Å²) in [5.41, 5.74) is 1.40. The topological polar surface area (TPSA) is 63.6 Å². The molecule has 1 unspecified atom stereocenters. The lowest BCUT2D eigenvalue weighted by Gasteiger charge is -2.26. The summed E-state index contributed by atoms with van der Waals surface area (Å²) in [6.07, 6.45) is 3.15. The van der Waals surface area contributed by atoms with Crippen LogP contribution in [0.5, 0.6) is 5.75 Å². The number of para-hydroxylation sites is 1. The van der Waals surface area contributed by atoms with Gasteiger partial charge in [-0.05, 0) is 29.5 Å². The van der Waals surface area contributed by atoms with Crippen LogP contribution in [0.15, 0.2) is 47.9 Å². The summed E-state index contributed by atoms with van der Waals surface area (Å²) in [7, 11) is 0. The average Bonchev–Trinajstić information content (AvgIpc) is 3.01.